The second-order valence-corrected chi connectivity index (χ2v) is 6.62. The van der Waals surface area contributed by atoms with Gasteiger partial charge in [0.25, 0.3) is 5.56 Å². The van der Waals surface area contributed by atoms with Gasteiger partial charge < -0.3 is 14.2 Å². The van der Waals surface area contributed by atoms with Gasteiger partial charge in [-0.2, -0.15) is 0 Å². The number of hydrogen-bond acceptors (Lipinski definition) is 5. The van der Waals surface area contributed by atoms with Crippen molar-refractivity contribution in [2.24, 2.45) is 0 Å². The summed E-state index contributed by atoms with van der Waals surface area (Å²) in [6.45, 7) is 4.00. The molecule has 1 saturated heterocycles. The number of likely N-dealkylation sites (tertiary alicyclic amines) is 1. The summed E-state index contributed by atoms with van der Waals surface area (Å²) in [5.41, 5.74) is 1.79. The first-order valence-electron chi connectivity index (χ1n) is 8.58. The van der Waals surface area contributed by atoms with Crippen LogP contribution >= 0.6 is 0 Å². The van der Waals surface area contributed by atoms with Gasteiger partial charge in [0.05, 0.1) is 30.6 Å². The molecule has 2 atom stereocenters. The first-order valence-corrected chi connectivity index (χ1v) is 8.58. The minimum Gasteiger partial charge on any atom is -0.368 e. The van der Waals surface area contributed by atoms with Crippen molar-refractivity contribution in [2.75, 3.05) is 13.1 Å². The van der Waals surface area contributed by atoms with Gasteiger partial charge in [-0.1, -0.05) is 11.3 Å². The SMILES string of the molecule is Cc1cccc(=O)n1CCC(=O)N1CC[C@H]2[C@H](C1)OCc1cnnn12. The van der Waals surface area contributed by atoms with Crippen molar-refractivity contribution in [1.29, 1.82) is 0 Å². The van der Waals surface area contributed by atoms with Crippen molar-refractivity contribution in [3.05, 3.63) is 46.1 Å². The zero-order valence-corrected chi connectivity index (χ0v) is 14.2. The molecule has 2 aromatic rings. The standard InChI is InChI=1S/C17H21N5O3/c1-12-3-2-4-17(24)21(12)8-6-16(23)20-7-5-14-15(10-20)25-11-13-9-18-19-22(13)14/h2-4,9,14-15H,5-8,10-11H2,1H3/t14-,15-/m0/s1. The lowest BCUT2D eigenvalue weighted by Gasteiger charge is -2.41. The first kappa shape index (κ1) is 16.0. The fourth-order valence-corrected chi connectivity index (χ4v) is 3.69. The average molecular weight is 343 g/mol. The van der Waals surface area contributed by atoms with Crippen molar-refractivity contribution >= 4 is 5.91 Å². The number of aromatic nitrogens is 4. The van der Waals surface area contributed by atoms with Crippen LogP contribution in [-0.2, 0) is 22.7 Å². The molecule has 132 valence electrons. The van der Waals surface area contributed by atoms with E-state index in [-0.39, 0.29) is 23.6 Å². The minimum atomic E-state index is -0.0687. The van der Waals surface area contributed by atoms with Gasteiger partial charge in [-0.15, -0.1) is 5.10 Å². The van der Waals surface area contributed by atoms with E-state index in [0.717, 1.165) is 17.8 Å². The van der Waals surface area contributed by atoms with Crippen LogP contribution in [0, 0.1) is 6.92 Å². The van der Waals surface area contributed by atoms with Crippen molar-refractivity contribution in [3.63, 3.8) is 0 Å². The van der Waals surface area contributed by atoms with E-state index in [1.807, 2.05) is 22.6 Å². The van der Waals surface area contributed by atoms with Crippen LogP contribution in [0.3, 0.4) is 0 Å². The number of carbonyl (C=O) groups excluding carboxylic acids is 1. The number of nitrogens with zero attached hydrogens (tertiary/aromatic N) is 5. The topological polar surface area (TPSA) is 82.2 Å². The number of carbonyl (C=O) groups is 1. The van der Waals surface area contributed by atoms with Gasteiger partial charge in [-0.25, -0.2) is 4.68 Å². The number of ether oxygens (including phenoxy) is 1. The highest BCUT2D eigenvalue weighted by molar-refractivity contribution is 5.76. The maximum atomic E-state index is 12.6. The molecule has 0 N–H and O–H groups in total. The monoisotopic (exact) mass is 343 g/mol. The Kier molecular flexibility index (Phi) is 4.12. The Bertz CT molecular complexity index is 843. The van der Waals surface area contributed by atoms with Crippen LogP contribution < -0.4 is 5.56 Å². The van der Waals surface area contributed by atoms with E-state index in [4.69, 9.17) is 4.74 Å². The maximum Gasteiger partial charge on any atom is 0.250 e. The lowest BCUT2D eigenvalue weighted by Crippen LogP contribution is -2.50. The number of pyridine rings is 1. The van der Waals surface area contributed by atoms with Gasteiger partial charge >= 0.3 is 0 Å². The van der Waals surface area contributed by atoms with Gasteiger partial charge in [0.2, 0.25) is 5.91 Å². The fourth-order valence-electron chi connectivity index (χ4n) is 3.69. The second-order valence-electron chi connectivity index (χ2n) is 6.62. The van der Waals surface area contributed by atoms with E-state index >= 15 is 0 Å². The molecule has 1 fully saturated rings. The van der Waals surface area contributed by atoms with Gasteiger partial charge in [0.1, 0.15) is 0 Å². The maximum absolute atomic E-state index is 12.6. The smallest absolute Gasteiger partial charge is 0.250 e. The van der Waals surface area contributed by atoms with Crippen molar-refractivity contribution < 1.29 is 9.53 Å². The Morgan fingerprint density at radius 1 is 1.40 bits per heavy atom. The zero-order valence-electron chi connectivity index (χ0n) is 14.2. The van der Waals surface area contributed by atoms with Crippen LogP contribution in [0.1, 0.15) is 30.3 Å². The summed E-state index contributed by atoms with van der Waals surface area (Å²) in [4.78, 5) is 26.3. The number of fused-ring (bicyclic) bond motifs is 3. The van der Waals surface area contributed by atoms with E-state index in [1.165, 1.54) is 6.07 Å². The van der Waals surface area contributed by atoms with E-state index in [9.17, 15) is 9.59 Å². The van der Waals surface area contributed by atoms with Crippen LogP contribution in [0.15, 0.2) is 29.2 Å². The van der Waals surface area contributed by atoms with Gasteiger partial charge in [0.15, 0.2) is 0 Å². The zero-order chi connectivity index (χ0) is 17.4. The van der Waals surface area contributed by atoms with E-state index in [1.54, 1.807) is 16.8 Å². The molecule has 4 rings (SSSR count). The summed E-state index contributed by atoms with van der Waals surface area (Å²) in [5.74, 6) is 0.0570. The van der Waals surface area contributed by atoms with Crippen LogP contribution in [0.25, 0.3) is 0 Å². The summed E-state index contributed by atoms with van der Waals surface area (Å²) in [6, 6.07) is 5.28. The summed E-state index contributed by atoms with van der Waals surface area (Å²) in [5, 5.41) is 8.10. The lowest BCUT2D eigenvalue weighted by atomic mass is 10.00. The Balaban J connectivity index is 1.39. The highest BCUT2D eigenvalue weighted by atomic mass is 16.5. The van der Waals surface area contributed by atoms with Crippen molar-refractivity contribution in [3.8, 4) is 0 Å². The molecule has 0 unspecified atom stereocenters. The number of piperidine rings is 1. The molecule has 0 aromatic carbocycles. The fraction of sp³-hybridized carbons (Fsp3) is 0.529. The summed E-state index contributed by atoms with van der Waals surface area (Å²) in [7, 11) is 0. The quantitative estimate of drug-likeness (QED) is 0.811. The molecule has 8 heteroatoms. The van der Waals surface area contributed by atoms with Crippen LogP contribution in [-0.4, -0.2) is 49.6 Å². The van der Waals surface area contributed by atoms with Gasteiger partial charge in [-0.05, 0) is 19.4 Å². The highest BCUT2D eigenvalue weighted by Crippen LogP contribution is 2.30. The van der Waals surface area contributed by atoms with Crippen LogP contribution in [0.5, 0.6) is 0 Å². The largest absolute Gasteiger partial charge is 0.368 e. The number of hydrogen-bond donors (Lipinski definition) is 0. The molecule has 0 aliphatic carbocycles. The number of amides is 1. The van der Waals surface area contributed by atoms with Crippen LogP contribution in [0.4, 0.5) is 0 Å². The Morgan fingerprint density at radius 2 is 2.28 bits per heavy atom. The molecule has 0 saturated carbocycles. The average Bonchev–Trinajstić information content (AvgIpc) is 3.09. The molecule has 0 bridgehead atoms. The molecule has 8 nitrogen and oxygen atoms in total. The third-order valence-corrected chi connectivity index (χ3v) is 5.10. The predicted molar refractivity (Wildman–Crippen MR) is 88.9 cm³/mol. The molecule has 4 heterocycles. The summed E-state index contributed by atoms with van der Waals surface area (Å²) in [6.07, 6.45) is 2.80. The molecule has 0 radical (unpaired) electrons. The van der Waals surface area contributed by atoms with E-state index in [2.05, 4.69) is 10.3 Å². The first-order chi connectivity index (χ1) is 12.1. The molecular formula is C17H21N5O3. The molecule has 2 aromatic heterocycles. The number of rotatable bonds is 3. The normalized spacial score (nSPS) is 22.4. The lowest BCUT2D eigenvalue weighted by molar-refractivity contribution is -0.139. The Morgan fingerprint density at radius 3 is 3.12 bits per heavy atom. The third-order valence-electron chi connectivity index (χ3n) is 5.10. The molecule has 0 spiro atoms. The highest BCUT2D eigenvalue weighted by Gasteiger charge is 2.37. The second kappa shape index (κ2) is 6.44. The van der Waals surface area contributed by atoms with Gasteiger partial charge in [-0.3, -0.25) is 9.59 Å². The molecular weight excluding hydrogens is 322 g/mol. The summed E-state index contributed by atoms with van der Waals surface area (Å²) >= 11 is 0. The van der Waals surface area contributed by atoms with E-state index in [0.29, 0.717) is 32.7 Å². The Labute approximate surface area is 145 Å². The van der Waals surface area contributed by atoms with Gasteiger partial charge in [0, 0.05) is 37.8 Å². The molecule has 25 heavy (non-hydrogen) atoms. The predicted octanol–water partition coefficient (Wildman–Crippen LogP) is 0.511. The Hall–Kier alpha value is -2.48. The van der Waals surface area contributed by atoms with Crippen molar-refractivity contribution in [1.82, 2.24) is 24.5 Å². The third kappa shape index (κ3) is 2.97. The molecule has 2 aliphatic rings. The van der Waals surface area contributed by atoms with E-state index < -0.39 is 0 Å². The molecule has 2 aliphatic heterocycles. The summed E-state index contributed by atoms with van der Waals surface area (Å²) < 4.78 is 9.47. The number of aryl methyl sites for hydroxylation is 1. The van der Waals surface area contributed by atoms with Crippen molar-refractivity contribution in [2.45, 2.75) is 45.1 Å². The van der Waals surface area contributed by atoms with Crippen LogP contribution in [0.2, 0.25) is 0 Å². The minimum absolute atomic E-state index is 0.0481. The molecule has 1 amide bonds.